The molecule has 0 spiro atoms. The minimum Gasteiger partial charge on any atom is -0.501 e. The predicted molar refractivity (Wildman–Crippen MR) is 43.8 cm³/mol. The first kappa shape index (κ1) is 12.2. The Labute approximate surface area is 63.5 Å². The van der Waals surface area contributed by atoms with E-state index in [-0.39, 0.29) is 6.61 Å². The molecule has 1 aliphatic heterocycles. The summed E-state index contributed by atoms with van der Waals surface area (Å²) in [5, 5.41) is 7.57. The highest BCUT2D eigenvalue weighted by Crippen LogP contribution is 1.93. The molecule has 0 atom stereocenters. The molecule has 2 nitrogen and oxygen atoms in total. The van der Waals surface area contributed by atoms with Gasteiger partial charge in [-0.1, -0.05) is 13.8 Å². The molecule has 1 rings (SSSR count). The van der Waals surface area contributed by atoms with Gasteiger partial charge in [-0.05, 0) is 13.0 Å². The minimum atomic E-state index is 0.250. The molecule has 1 heterocycles. The van der Waals surface area contributed by atoms with Crippen LogP contribution in [-0.4, -0.2) is 18.3 Å². The van der Waals surface area contributed by atoms with Crippen molar-refractivity contribution in [2.45, 2.75) is 27.2 Å². The Morgan fingerprint density at radius 2 is 2.00 bits per heavy atom. The quantitative estimate of drug-likeness (QED) is 0.566. The molecule has 0 aromatic rings. The van der Waals surface area contributed by atoms with Gasteiger partial charge in [-0.25, -0.2) is 0 Å². The van der Waals surface area contributed by atoms with Gasteiger partial charge in [0.1, 0.15) is 0 Å². The van der Waals surface area contributed by atoms with Gasteiger partial charge in [0.15, 0.2) is 0 Å². The van der Waals surface area contributed by atoms with Crippen LogP contribution in [0.25, 0.3) is 0 Å². The lowest BCUT2D eigenvalue weighted by Crippen LogP contribution is -1.70. The molecule has 0 aliphatic carbocycles. The number of aliphatic hydroxyl groups is 1. The van der Waals surface area contributed by atoms with Gasteiger partial charge >= 0.3 is 0 Å². The second-order valence-electron chi connectivity index (χ2n) is 1.35. The average molecular weight is 146 g/mol. The summed E-state index contributed by atoms with van der Waals surface area (Å²) >= 11 is 0. The normalized spacial score (nSPS) is 12.0. The summed E-state index contributed by atoms with van der Waals surface area (Å²) < 4.78 is 4.76. The topological polar surface area (TPSA) is 29.5 Å². The highest BCUT2D eigenvalue weighted by Gasteiger charge is 1.83. The highest BCUT2D eigenvalue weighted by molar-refractivity contribution is 4.78. The van der Waals surface area contributed by atoms with Crippen molar-refractivity contribution in [2.24, 2.45) is 0 Å². The lowest BCUT2D eigenvalue weighted by Gasteiger charge is -1.79. The highest BCUT2D eigenvalue weighted by atomic mass is 16.5. The van der Waals surface area contributed by atoms with E-state index in [0.29, 0.717) is 0 Å². The number of hydrogen-bond acceptors (Lipinski definition) is 2. The average Bonchev–Trinajstić information content (AvgIpc) is 2.48. The molecular formula is C8H18O2. The van der Waals surface area contributed by atoms with Crippen LogP contribution in [0.4, 0.5) is 0 Å². The monoisotopic (exact) mass is 146 g/mol. The Kier molecular flexibility index (Phi) is 19.3. The molecule has 1 aliphatic rings. The number of ether oxygens (including phenoxy) is 1. The maximum absolute atomic E-state index is 7.57. The van der Waals surface area contributed by atoms with Crippen molar-refractivity contribution in [1.82, 2.24) is 0 Å². The van der Waals surface area contributed by atoms with E-state index in [4.69, 9.17) is 9.84 Å². The van der Waals surface area contributed by atoms with Crippen molar-refractivity contribution in [1.29, 1.82) is 0 Å². The molecule has 0 saturated heterocycles. The van der Waals surface area contributed by atoms with E-state index < -0.39 is 0 Å². The first-order valence-electron chi connectivity index (χ1n) is 3.79. The maximum Gasteiger partial charge on any atom is 0.0908 e. The Balaban J connectivity index is 0. The Bertz CT molecular complexity index is 54.3. The van der Waals surface area contributed by atoms with E-state index in [2.05, 4.69) is 0 Å². The summed E-state index contributed by atoms with van der Waals surface area (Å²) in [5.74, 6) is 0. The maximum atomic E-state index is 7.57. The number of hydrogen-bond donors (Lipinski definition) is 1. The summed E-state index contributed by atoms with van der Waals surface area (Å²) in [6, 6.07) is 0. The second-order valence-corrected chi connectivity index (χ2v) is 1.35. The van der Waals surface area contributed by atoms with E-state index >= 15 is 0 Å². The van der Waals surface area contributed by atoms with Crippen molar-refractivity contribution in [3.8, 4) is 0 Å². The van der Waals surface area contributed by atoms with Gasteiger partial charge in [-0.15, -0.1) is 0 Å². The van der Waals surface area contributed by atoms with Gasteiger partial charge in [0.25, 0.3) is 0 Å². The van der Waals surface area contributed by atoms with Crippen LogP contribution in [0.1, 0.15) is 27.2 Å². The molecule has 10 heavy (non-hydrogen) atoms. The van der Waals surface area contributed by atoms with Crippen LogP contribution in [0.5, 0.6) is 0 Å². The van der Waals surface area contributed by atoms with Gasteiger partial charge in [0.2, 0.25) is 0 Å². The zero-order valence-corrected chi connectivity index (χ0v) is 7.13. The summed E-state index contributed by atoms with van der Waals surface area (Å²) in [7, 11) is 0. The predicted octanol–water partition coefficient (Wildman–Crippen LogP) is 1.95. The number of rotatable bonds is 0. The Morgan fingerprint density at radius 3 is 2.10 bits per heavy atom. The van der Waals surface area contributed by atoms with E-state index in [9.17, 15) is 0 Å². The summed E-state index contributed by atoms with van der Waals surface area (Å²) in [5.41, 5.74) is 0. The molecule has 2 heteroatoms. The molecule has 62 valence electrons. The van der Waals surface area contributed by atoms with E-state index in [1.165, 1.54) is 0 Å². The molecule has 0 aromatic heterocycles. The fourth-order valence-electron chi connectivity index (χ4n) is 0.340. The standard InChI is InChI=1S/C4H6O.C2H6O.C2H6/c1-2-4-5-3-1;1-2-3;1-2/h1,3H,2,4H2;3H,2H2,1H3;1-2H3. The third-order valence-corrected chi connectivity index (χ3v) is 0.595. The summed E-state index contributed by atoms with van der Waals surface area (Å²) in [6.45, 7) is 6.82. The second kappa shape index (κ2) is 15.8. The molecular weight excluding hydrogens is 128 g/mol. The van der Waals surface area contributed by atoms with Crippen LogP contribution in [0.2, 0.25) is 0 Å². The van der Waals surface area contributed by atoms with Gasteiger partial charge < -0.3 is 9.84 Å². The van der Waals surface area contributed by atoms with Crippen molar-refractivity contribution >= 4 is 0 Å². The van der Waals surface area contributed by atoms with E-state index in [1.54, 1.807) is 13.2 Å². The molecule has 0 bridgehead atoms. The zero-order chi connectivity index (χ0) is 8.24. The van der Waals surface area contributed by atoms with Gasteiger partial charge in [0.05, 0.1) is 12.9 Å². The third kappa shape index (κ3) is 15.6. The van der Waals surface area contributed by atoms with Gasteiger partial charge in [0, 0.05) is 13.0 Å². The summed E-state index contributed by atoms with van der Waals surface area (Å²) in [4.78, 5) is 0. The Morgan fingerprint density at radius 1 is 1.50 bits per heavy atom. The Hall–Kier alpha value is -0.500. The van der Waals surface area contributed by atoms with Crippen molar-refractivity contribution < 1.29 is 9.84 Å². The van der Waals surface area contributed by atoms with Gasteiger partial charge in [-0.2, -0.15) is 0 Å². The van der Waals surface area contributed by atoms with Crippen molar-refractivity contribution in [2.75, 3.05) is 13.2 Å². The SMILES string of the molecule is C1=COCC1.CC.CCO. The lowest BCUT2D eigenvalue weighted by molar-refractivity contribution is 0.281. The number of aliphatic hydroxyl groups excluding tert-OH is 1. The van der Waals surface area contributed by atoms with E-state index in [0.717, 1.165) is 13.0 Å². The van der Waals surface area contributed by atoms with Crippen LogP contribution in [-0.2, 0) is 4.74 Å². The van der Waals surface area contributed by atoms with Gasteiger partial charge in [-0.3, -0.25) is 0 Å². The zero-order valence-electron chi connectivity index (χ0n) is 7.13. The van der Waals surface area contributed by atoms with Crippen molar-refractivity contribution in [3.63, 3.8) is 0 Å². The van der Waals surface area contributed by atoms with Crippen LogP contribution >= 0.6 is 0 Å². The fraction of sp³-hybridized carbons (Fsp3) is 0.750. The largest absolute Gasteiger partial charge is 0.501 e. The minimum absolute atomic E-state index is 0.250. The molecule has 0 radical (unpaired) electrons. The molecule has 0 unspecified atom stereocenters. The fourth-order valence-corrected chi connectivity index (χ4v) is 0.340. The molecule has 1 N–H and O–H groups in total. The molecule has 0 saturated carbocycles. The first-order chi connectivity index (χ1) is 4.91. The van der Waals surface area contributed by atoms with Crippen LogP contribution < -0.4 is 0 Å². The third-order valence-electron chi connectivity index (χ3n) is 0.595. The lowest BCUT2D eigenvalue weighted by atomic mass is 10.5. The van der Waals surface area contributed by atoms with Crippen LogP contribution in [0.15, 0.2) is 12.3 Å². The van der Waals surface area contributed by atoms with Crippen molar-refractivity contribution in [3.05, 3.63) is 12.3 Å². The summed E-state index contributed by atoms with van der Waals surface area (Å²) in [6.07, 6.45) is 4.85. The van der Waals surface area contributed by atoms with Crippen LogP contribution in [0, 0.1) is 0 Å². The molecule has 0 amide bonds. The first-order valence-corrected chi connectivity index (χ1v) is 3.79. The van der Waals surface area contributed by atoms with E-state index in [1.807, 2.05) is 19.9 Å². The molecule has 0 fully saturated rings. The molecule has 0 aromatic carbocycles. The van der Waals surface area contributed by atoms with Crippen LogP contribution in [0.3, 0.4) is 0 Å². The smallest absolute Gasteiger partial charge is 0.0908 e.